The van der Waals surface area contributed by atoms with Crippen LogP contribution in [0.2, 0.25) is 5.02 Å². The first-order valence-electron chi connectivity index (χ1n) is 12.0. The van der Waals surface area contributed by atoms with Gasteiger partial charge in [0.2, 0.25) is 11.8 Å². The Morgan fingerprint density at radius 1 is 0.973 bits per heavy atom. The van der Waals surface area contributed by atoms with Crippen molar-refractivity contribution in [3.63, 3.8) is 0 Å². The zero-order chi connectivity index (χ0) is 27.2. The molecule has 0 aromatic heterocycles. The maximum atomic E-state index is 13.9. The van der Waals surface area contributed by atoms with Crippen molar-refractivity contribution in [2.45, 2.75) is 44.7 Å². The predicted molar refractivity (Wildman–Crippen MR) is 147 cm³/mol. The van der Waals surface area contributed by atoms with Gasteiger partial charge in [-0.2, -0.15) is 0 Å². The molecule has 3 aromatic carbocycles. The molecular weight excluding hydrogens is 510 g/mol. The number of rotatable bonds is 10. The van der Waals surface area contributed by atoms with E-state index in [-0.39, 0.29) is 17.3 Å². The van der Waals surface area contributed by atoms with E-state index in [1.807, 2.05) is 38.1 Å². The monoisotopic (exact) mass is 541 g/mol. The minimum absolute atomic E-state index is 0.0469. The van der Waals surface area contributed by atoms with Gasteiger partial charge in [0.05, 0.1) is 10.6 Å². The molecule has 1 N–H and O–H groups in total. The van der Waals surface area contributed by atoms with Crippen LogP contribution in [0.5, 0.6) is 0 Å². The van der Waals surface area contributed by atoms with Crippen molar-refractivity contribution in [1.82, 2.24) is 10.2 Å². The van der Waals surface area contributed by atoms with Crippen LogP contribution in [-0.2, 0) is 26.2 Å². The number of hydrogen-bond donors (Lipinski definition) is 1. The van der Waals surface area contributed by atoms with E-state index in [9.17, 15) is 18.0 Å². The fourth-order valence-corrected chi connectivity index (χ4v) is 5.72. The normalized spacial score (nSPS) is 12.0. The number of halogens is 1. The van der Waals surface area contributed by atoms with Crippen molar-refractivity contribution in [2.75, 3.05) is 17.9 Å². The summed E-state index contributed by atoms with van der Waals surface area (Å²) in [6.45, 7) is 5.18. The third-order valence-corrected chi connectivity index (χ3v) is 8.16. The summed E-state index contributed by atoms with van der Waals surface area (Å²) in [6.07, 6.45) is 0.360. The molecule has 0 heterocycles. The Kier molecular flexibility index (Phi) is 9.34. The van der Waals surface area contributed by atoms with E-state index in [2.05, 4.69) is 5.32 Å². The molecule has 196 valence electrons. The predicted octanol–water partition coefficient (Wildman–Crippen LogP) is 4.71. The summed E-state index contributed by atoms with van der Waals surface area (Å²) in [5, 5.41) is 2.96. The fraction of sp³-hybridized carbons (Fsp3) is 0.286. The zero-order valence-electron chi connectivity index (χ0n) is 21.4. The lowest BCUT2D eigenvalue weighted by Gasteiger charge is -2.33. The molecule has 0 saturated carbocycles. The van der Waals surface area contributed by atoms with E-state index >= 15 is 0 Å². The highest BCUT2D eigenvalue weighted by Crippen LogP contribution is 2.30. The van der Waals surface area contributed by atoms with Gasteiger partial charge >= 0.3 is 0 Å². The van der Waals surface area contributed by atoms with Crippen molar-refractivity contribution in [3.05, 3.63) is 94.5 Å². The molecule has 1 atom stereocenters. The number of nitrogens with one attached hydrogen (secondary N) is 1. The third-order valence-electron chi connectivity index (χ3n) is 6.16. The molecule has 7 nitrogen and oxygen atoms in total. The molecule has 0 aliphatic carbocycles. The second-order valence-electron chi connectivity index (χ2n) is 8.80. The first-order valence-corrected chi connectivity index (χ1v) is 13.8. The van der Waals surface area contributed by atoms with E-state index in [1.54, 1.807) is 37.3 Å². The Morgan fingerprint density at radius 3 is 2.22 bits per heavy atom. The standard InChI is InChI=1S/C28H32ClN3O4S/c1-5-25(28(34)30-4)31(18-22-14-11-20(2)12-15-22)27(33)19-32(26-17-23(29)16-13-21(26)3)37(35,36)24-9-7-6-8-10-24/h6-17,25H,5,18-19H2,1-4H3,(H,30,34)/t25-/m1/s1. The molecule has 2 amide bonds. The molecule has 0 aliphatic rings. The zero-order valence-corrected chi connectivity index (χ0v) is 23.0. The summed E-state index contributed by atoms with van der Waals surface area (Å²) in [6, 6.07) is 19.7. The average Bonchev–Trinajstić information content (AvgIpc) is 2.89. The number of hydrogen-bond acceptors (Lipinski definition) is 4. The first-order chi connectivity index (χ1) is 17.6. The minimum atomic E-state index is -4.13. The Hall–Kier alpha value is -3.36. The lowest BCUT2D eigenvalue weighted by Crippen LogP contribution is -2.51. The quantitative estimate of drug-likeness (QED) is 0.403. The molecule has 0 aliphatic heterocycles. The van der Waals surface area contributed by atoms with Crippen LogP contribution in [-0.4, -0.2) is 44.8 Å². The Bertz CT molecular complexity index is 1350. The van der Waals surface area contributed by atoms with E-state index in [4.69, 9.17) is 11.6 Å². The molecule has 0 unspecified atom stereocenters. The Labute approximate surface area is 224 Å². The molecule has 3 rings (SSSR count). The van der Waals surface area contributed by atoms with Crippen molar-refractivity contribution < 1.29 is 18.0 Å². The van der Waals surface area contributed by atoms with Gasteiger partial charge in [-0.15, -0.1) is 0 Å². The number of sulfonamides is 1. The van der Waals surface area contributed by atoms with Crippen LogP contribution in [0.1, 0.15) is 30.0 Å². The van der Waals surface area contributed by atoms with Crippen molar-refractivity contribution in [1.29, 1.82) is 0 Å². The molecule has 0 radical (unpaired) electrons. The lowest BCUT2D eigenvalue weighted by atomic mass is 10.1. The van der Waals surface area contributed by atoms with Crippen molar-refractivity contribution in [2.24, 2.45) is 0 Å². The molecule has 37 heavy (non-hydrogen) atoms. The molecule has 0 bridgehead atoms. The minimum Gasteiger partial charge on any atom is -0.357 e. The van der Waals surface area contributed by atoms with Gasteiger partial charge in [0.15, 0.2) is 0 Å². The number of aryl methyl sites for hydroxylation is 2. The number of benzene rings is 3. The highest BCUT2D eigenvalue weighted by atomic mass is 35.5. The van der Waals surface area contributed by atoms with E-state index in [1.165, 1.54) is 30.1 Å². The summed E-state index contributed by atoms with van der Waals surface area (Å²) in [5.41, 5.74) is 2.84. The molecule has 9 heteroatoms. The second kappa shape index (κ2) is 12.3. The summed E-state index contributed by atoms with van der Waals surface area (Å²) >= 11 is 6.24. The molecule has 3 aromatic rings. The fourth-order valence-electron chi connectivity index (χ4n) is 4.06. The van der Waals surface area contributed by atoms with Gasteiger partial charge in [-0.3, -0.25) is 13.9 Å². The topological polar surface area (TPSA) is 86.8 Å². The second-order valence-corrected chi connectivity index (χ2v) is 11.1. The van der Waals surface area contributed by atoms with Crippen LogP contribution in [0, 0.1) is 13.8 Å². The van der Waals surface area contributed by atoms with Gasteiger partial charge in [-0.1, -0.05) is 72.6 Å². The highest BCUT2D eigenvalue weighted by molar-refractivity contribution is 7.92. The number of carbonyl (C=O) groups is 2. The van der Waals surface area contributed by atoms with Crippen LogP contribution in [0.25, 0.3) is 0 Å². The molecule has 0 saturated heterocycles. The van der Waals surface area contributed by atoms with Gasteiger partial charge < -0.3 is 10.2 Å². The number of anilines is 1. The summed E-state index contributed by atoms with van der Waals surface area (Å²) < 4.78 is 28.7. The highest BCUT2D eigenvalue weighted by Gasteiger charge is 2.34. The van der Waals surface area contributed by atoms with Crippen LogP contribution in [0.15, 0.2) is 77.7 Å². The van der Waals surface area contributed by atoms with Gasteiger partial charge in [-0.05, 0) is 55.7 Å². The maximum Gasteiger partial charge on any atom is 0.264 e. The van der Waals surface area contributed by atoms with Crippen LogP contribution in [0.4, 0.5) is 5.69 Å². The van der Waals surface area contributed by atoms with Gasteiger partial charge in [-0.25, -0.2) is 8.42 Å². The summed E-state index contributed by atoms with van der Waals surface area (Å²) in [5.74, 6) is -0.825. The SMILES string of the molecule is CC[C@H](C(=O)NC)N(Cc1ccc(C)cc1)C(=O)CN(c1cc(Cl)ccc1C)S(=O)(=O)c1ccccc1. The number of nitrogens with zero attached hydrogens (tertiary/aromatic N) is 2. The van der Waals surface area contributed by atoms with E-state index < -0.39 is 28.5 Å². The largest absolute Gasteiger partial charge is 0.357 e. The van der Waals surface area contributed by atoms with E-state index in [0.29, 0.717) is 22.7 Å². The van der Waals surface area contributed by atoms with Gasteiger partial charge in [0.25, 0.3) is 10.0 Å². The number of carbonyl (C=O) groups excluding carboxylic acids is 2. The van der Waals surface area contributed by atoms with E-state index in [0.717, 1.165) is 15.4 Å². The summed E-state index contributed by atoms with van der Waals surface area (Å²) in [7, 11) is -2.62. The molecular formula is C28H32ClN3O4S. The van der Waals surface area contributed by atoms with Gasteiger partial charge in [0, 0.05) is 18.6 Å². The average molecular weight is 542 g/mol. The van der Waals surface area contributed by atoms with Crippen molar-refractivity contribution >= 4 is 39.1 Å². The maximum absolute atomic E-state index is 13.9. The Morgan fingerprint density at radius 2 is 1.62 bits per heavy atom. The van der Waals surface area contributed by atoms with Gasteiger partial charge in [0.1, 0.15) is 12.6 Å². The number of likely N-dealkylation sites (N-methyl/N-ethyl adjacent to an activating group) is 1. The third kappa shape index (κ3) is 6.70. The van der Waals surface area contributed by atoms with Crippen LogP contribution >= 0.6 is 11.6 Å². The smallest absolute Gasteiger partial charge is 0.264 e. The summed E-state index contributed by atoms with van der Waals surface area (Å²) in [4.78, 5) is 28.1. The molecule has 0 spiro atoms. The van der Waals surface area contributed by atoms with Crippen LogP contribution < -0.4 is 9.62 Å². The number of amides is 2. The lowest BCUT2D eigenvalue weighted by molar-refractivity contribution is -0.140. The molecule has 0 fully saturated rings. The Balaban J connectivity index is 2.09. The first kappa shape index (κ1) is 28.2. The van der Waals surface area contributed by atoms with Crippen LogP contribution in [0.3, 0.4) is 0 Å². The van der Waals surface area contributed by atoms with Crippen molar-refractivity contribution in [3.8, 4) is 0 Å².